The van der Waals surface area contributed by atoms with Crippen molar-refractivity contribution in [1.29, 1.82) is 0 Å². The number of nitrogens with one attached hydrogen (secondary N) is 1. The molecule has 1 N–H and O–H groups in total. The van der Waals surface area contributed by atoms with E-state index in [1.807, 2.05) is 0 Å². The van der Waals surface area contributed by atoms with Crippen LogP contribution in [0.3, 0.4) is 0 Å². The predicted octanol–water partition coefficient (Wildman–Crippen LogP) is -0.00410. The Kier molecular flexibility index (Phi) is 4.59. The lowest BCUT2D eigenvalue weighted by Gasteiger charge is -2.10. The highest BCUT2D eigenvalue weighted by Gasteiger charge is 2.31. The first kappa shape index (κ1) is 15.5. The standard InChI is InChI=1S/C13H15NO6S/c1-19-12(15)8-9-2-4-10(5-3-9)21(17,18)14-11-6-7-20-13(11)16/h2-5,11,14H,6-8H2,1H3. The van der Waals surface area contributed by atoms with Crippen molar-refractivity contribution in [1.82, 2.24) is 4.72 Å². The third kappa shape index (κ3) is 3.79. The SMILES string of the molecule is COC(=O)Cc1ccc(S(=O)(=O)NC2CCOC2=O)cc1. The molecule has 2 rings (SSSR count). The average molecular weight is 313 g/mol. The number of cyclic esters (lactones) is 1. The Morgan fingerprint density at radius 2 is 2.05 bits per heavy atom. The molecule has 1 fully saturated rings. The minimum Gasteiger partial charge on any atom is -0.469 e. The fraction of sp³-hybridized carbons (Fsp3) is 0.385. The second-order valence-electron chi connectivity index (χ2n) is 4.53. The van der Waals surface area contributed by atoms with Gasteiger partial charge in [-0.05, 0) is 17.7 Å². The van der Waals surface area contributed by atoms with E-state index in [-0.39, 0.29) is 17.9 Å². The molecule has 0 bridgehead atoms. The molecule has 1 unspecified atom stereocenters. The molecular formula is C13H15NO6S. The lowest BCUT2D eigenvalue weighted by molar-refractivity contribution is -0.140. The van der Waals surface area contributed by atoms with E-state index in [0.717, 1.165) is 0 Å². The molecule has 0 aliphatic carbocycles. The molecule has 1 atom stereocenters. The molecule has 1 aliphatic heterocycles. The van der Waals surface area contributed by atoms with Crippen molar-refractivity contribution >= 4 is 22.0 Å². The number of ether oxygens (including phenoxy) is 2. The van der Waals surface area contributed by atoms with Gasteiger partial charge in [-0.3, -0.25) is 9.59 Å². The lowest BCUT2D eigenvalue weighted by atomic mass is 10.2. The van der Waals surface area contributed by atoms with Crippen LogP contribution in [0.2, 0.25) is 0 Å². The Morgan fingerprint density at radius 3 is 2.57 bits per heavy atom. The molecule has 0 aromatic heterocycles. The summed E-state index contributed by atoms with van der Waals surface area (Å²) in [4.78, 5) is 22.4. The second-order valence-corrected chi connectivity index (χ2v) is 6.24. The third-order valence-electron chi connectivity index (χ3n) is 3.04. The van der Waals surface area contributed by atoms with E-state index in [0.29, 0.717) is 12.0 Å². The molecule has 1 heterocycles. The zero-order valence-corrected chi connectivity index (χ0v) is 12.2. The normalized spacial score (nSPS) is 18.3. The number of esters is 2. The van der Waals surface area contributed by atoms with Crippen molar-refractivity contribution in [2.45, 2.75) is 23.8 Å². The highest BCUT2D eigenvalue weighted by molar-refractivity contribution is 7.89. The predicted molar refractivity (Wildman–Crippen MR) is 71.8 cm³/mol. The number of methoxy groups -OCH3 is 1. The van der Waals surface area contributed by atoms with E-state index in [4.69, 9.17) is 4.74 Å². The Morgan fingerprint density at radius 1 is 1.38 bits per heavy atom. The summed E-state index contributed by atoms with van der Waals surface area (Å²) in [6.07, 6.45) is 0.387. The van der Waals surface area contributed by atoms with Crippen LogP contribution in [-0.2, 0) is 35.5 Å². The summed E-state index contributed by atoms with van der Waals surface area (Å²) in [7, 11) is -2.51. The molecule has 1 aliphatic rings. The fourth-order valence-corrected chi connectivity index (χ4v) is 3.10. The van der Waals surface area contributed by atoms with Crippen LogP contribution in [0.5, 0.6) is 0 Å². The van der Waals surface area contributed by atoms with Gasteiger partial charge in [-0.15, -0.1) is 0 Å². The van der Waals surface area contributed by atoms with Crippen LogP contribution in [0.25, 0.3) is 0 Å². The van der Waals surface area contributed by atoms with Gasteiger partial charge in [0.1, 0.15) is 6.04 Å². The first-order valence-corrected chi connectivity index (χ1v) is 7.75. The van der Waals surface area contributed by atoms with Crippen LogP contribution in [0, 0.1) is 0 Å². The topological polar surface area (TPSA) is 98.8 Å². The Bertz CT molecular complexity index is 637. The smallest absolute Gasteiger partial charge is 0.324 e. The molecular weight excluding hydrogens is 298 g/mol. The summed E-state index contributed by atoms with van der Waals surface area (Å²) in [5, 5.41) is 0. The van der Waals surface area contributed by atoms with Crippen LogP contribution in [-0.4, -0.2) is 40.1 Å². The van der Waals surface area contributed by atoms with Crippen LogP contribution < -0.4 is 4.72 Å². The van der Waals surface area contributed by atoms with Crippen molar-refractivity contribution in [3.05, 3.63) is 29.8 Å². The molecule has 1 saturated heterocycles. The van der Waals surface area contributed by atoms with Crippen LogP contribution >= 0.6 is 0 Å². The highest BCUT2D eigenvalue weighted by Crippen LogP contribution is 2.14. The Labute approximate surface area is 122 Å². The van der Waals surface area contributed by atoms with E-state index >= 15 is 0 Å². The van der Waals surface area contributed by atoms with Gasteiger partial charge in [0.25, 0.3) is 0 Å². The van der Waals surface area contributed by atoms with E-state index < -0.39 is 28.0 Å². The van der Waals surface area contributed by atoms with Gasteiger partial charge < -0.3 is 9.47 Å². The largest absolute Gasteiger partial charge is 0.469 e. The first-order chi connectivity index (χ1) is 9.92. The van der Waals surface area contributed by atoms with Crippen molar-refractivity contribution in [3.63, 3.8) is 0 Å². The third-order valence-corrected chi connectivity index (χ3v) is 4.53. The van der Waals surface area contributed by atoms with Gasteiger partial charge in [0.15, 0.2) is 0 Å². The zero-order chi connectivity index (χ0) is 15.5. The summed E-state index contributed by atoms with van der Waals surface area (Å²) in [6.45, 7) is 0.212. The Hall–Kier alpha value is -1.93. The molecule has 8 heteroatoms. The number of carbonyl (C=O) groups excluding carboxylic acids is 2. The van der Waals surface area contributed by atoms with Gasteiger partial charge in [0.2, 0.25) is 10.0 Å². The highest BCUT2D eigenvalue weighted by atomic mass is 32.2. The molecule has 21 heavy (non-hydrogen) atoms. The maximum atomic E-state index is 12.1. The van der Waals surface area contributed by atoms with Crippen molar-refractivity contribution in [2.24, 2.45) is 0 Å². The molecule has 114 valence electrons. The van der Waals surface area contributed by atoms with Crippen molar-refractivity contribution in [2.75, 3.05) is 13.7 Å². The number of rotatable bonds is 5. The number of benzene rings is 1. The molecule has 0 saturated carbocycles. The molecule has 1 aromatic rings. The first-order valence-electron chi connectivity index (χ1n) is 6.27. The number of sulfonamides is 1. The van der Waals surface area contributed by atoms with Crippen LogP contribution in [0.1, 0.15) is 12.0 Å². The molecule has 1 aromatic carbocycles. The summed E-state index contributed by atoms with van der Waals surface area (Å²) >= 11 is 0. The Balaban J connectivity index is 2.09. The fourth-order valence-electron chi connectivity index (χ4n) is 1.88. The van der Waals surface area contributed by atoms with E-state index in [1.54, 1.807) is 0 Å². The maximum absolute atomic E-state index is 12.1. The van der Waals surface area contributed by atoms with E-state index in [9.17, 15) is 18.0 Å². The summed E-state index contributed by atoms with van der Waals surface area (Å²) in [5.74, 6) is -0.974. The number of hydrogen-bond donors (Lipinski definition) is 1. The van der Waals surface area contributed by atoms with E-state index in [2.05, 4.69) is 9.46 Å². The maximum Gasteiger partial charge on any atom is 0.324 e. The zero-order valence-electron chi connectivity index (χ0n) is 11.4. The molecule has 0 radical (unpaired) electrons. The van der Waals surface area contributed by atoms with E-state index in [1.165, 1.54) is 31.4 Å². The van der Waals surface area contributed by atoms with Crippen LogP contribution in [0.4, 0.5) is 0 Å². The van der Waals surface area contributed by atoms with Crippen LogP contribution in [0.15, 0.2) is 29.2 Å². The lowest BCUT2D eigenvalue weighted by Crippen LogP contribution is -2.37. The molecule has 0 spiro atoms. The van der Waals surface area contributed by atoms with Gasteiger partial charge in [0, 0.05) is 6.42 Å². The quantitative estimate of drug-likeness (QED) is 0.768. The minimum atomic E-state index is -3.79. The molecule has 0 amide bonds. The summed E-state index contributed by atoms with van der Waals surface area (Å²) in [5.41, 5.74) is 0.640. The van der Waals surface area contributed by atoms with Gasteiger partial charge in [0.05, 0.1) is 25.0 Å². The summed E-state index contributed by atoms with van der Waals surface area (Å²) in [6, 6.07) is 4.96. The number of carbonyl (C=O) groups is 2. The molecule has 7 nitrogen and oxygen atoms in total. The second kappa shape index (κ2) is 6.23. The summed E-state index contributed by atoms with van der Waals surface area (Å²) < 4.78 is 35.8. The average Bonchev–Trinajstić information content (AvgIpc) is 2.84. The van der Waals surface area contributed by atoms with Crippen molar-refractivity contribution < 1.29 is 27.5 Å². The number of hydrogen-bond acceptors (Lipinski definition) is 6. The monoisotopic (exact) mass is 313 g/mol. The van der Waals surface area contributed by atoms with Gasteiger partial charge >= 0.3 is 11.9 Å². The van der Waals surface area contributed by atoms with Gasteiger partial charge in [-0.2, -0.15) is 4.72 Å². The minimum absolute atomic E-state index is 0.0239. The van der Waals surface area contributed by atoms with Gasteiger partial charge in [-0.1, -0.05) is 12.1 Å². The van der Waals surface area contributed by atoms with Gasteiger partial charge in [-0.25, -0.2) is 8.42 Å². The van der Waals surface area contributed by atoms with Crippen molar-refractivity contribution in [3.8, 4) is 0 Å².